The summed E-state index contributed by atoms with van der Waals surface area (Å²) in [5.41, 5.74) is 7.35. The molecule has 1 aliphatic rings. The maximum Gasteiger partial charge on any atom is 0.134 e. The lowest BCUT2D eigenvalue weighted by atomic mass is 9.87. The van der Waals surface area contributed by atoms with Crippen molar-refractivity contribution in [1.29, 1.82) is 5.26 Å². The Morgan fingerprint density at radius 3 is 2.72 bits per heavy atom. The van der Waals surface area contributed by atoms with Gasteiger partial charge in [-0.3, -0.25) is 0 Å². The molecule has 96 valence electrons. The van der Waals surface area contributed by atoms with Gasteiger partial charge < -0.3 is 15.6 Å². The average molecular weight is 311 g/mol. The Balaban J connectivity index is 2.31. The van der Waals surface area contributed by atoms with Gasteiger partial charge in [-0.15, -0.1) is 0 Å². The van der Waals surface area contributed by atoms with Crippen LogP contribution in [-0.4, -0.2) is 18.3 Å². The van der Waals surface area contributed by atoms with Crippen molar-refractivity contribution in [1.82, 2.24) is 0 Å². The van der Waals surface area contributed by atoms with E-state index in [1.165, 1.54) is 0 Å². The molecule has 5 heteroatoms. The lowest BCUT2D eigenvalue weighted by molar-refractivity contribution is 0.0581. The Labute approximate surface area is 114 Å². The van der Waals surface area contributed by atoms with Crippen LogP contribution in [0.25, 0.3) is 0 Å². The van der Waals surface area contributed by atoms with Crippen molar-refractivity contribution in [2.24, 2.45) is 11.7 Å². The van der Waals surface area contributed by atoms with Gasteiger partial charge in [0.05, 0.1) is 16.1 Å². The maximum absolute atomic E-state index is 10.1. The molecule has 0 bridgehead atoms. The van der Waals surface area contributed by atoms with Crippen LogP contribution in [0.4, 0.5) is 0 Å². The van der Waals surface area contributed by atoms with Gasteiger partial charge in [0, 0.05) is 24.8 Å². The van der Waals surface area contributed by atoms with Gasteiger partial charge in [-0.2, -0.15) is 5.26 Å². The minimum Gasteiger partial charge on any atom is -0.506 e. The molecule has 18 heavy (non-hydrogen) atoms. The van der Waals surface area contributed by atoms with Crippen molar-refractivity contribution >= 4 is 15.9 Å². The molecule has 1 aromatic carbocycles. The second-order valence-electron chi connectivity index (χ2n) is 4.48. The van der Waals surface area contributed by atoms with E-state index in [1.807, 2.05) is 0 Å². The van der Waals surface area contributed by atoms with E-state index in [2.05, 4.69) is 22.0 Å². The van der Waals surface area contributed by atoms with E-state index < -0.39 is 0 Å². The first-order valence-electron chi connectivity index (χ1n) is 5.89. The molecule has 0 radical (unpaired) electrons. The SMILES string of the molecule is N#Cc1cc(Br)c(O)c([C@H](N)C2CCOCC2)c1. The number of phenolic OH excluding ortho intramolecular Hbond substituents is 1. The number of nitrogens with zero attached hydrogens (tertiary/aromatic N) is 1. The largest absolute Gasteiger partial charge is 0.506 e. The third-order valence-electron chi connectivity index (χ3n) is 3.35. The first kappa shape index (κ1) is 13.3. The molecule has 1 aromatic rings. The van der Waals surface area contributed by atoms with E-state index in [0.29, 0.717) is 28.8 Å². The first-order valence-corrected chi connectivity index (χ1v) is 6.68. The van der Waals surface area contributed by atoms with Gasteiger partial charge in [-0.05, 0) is 46.8 Å². The Morgan fingerprint density at radius 1 is 1.44 bits per heavy atom. The number of rotatable bonds is 2. The summed E-state index contributed by atoms with van der Waals surface area (Å²) in [5, 5.41) is 19.0. The van der Waals surface area contributed by atoms with Gasteiger partial charge in [0.2, 0.25) is 0 Å². The van der Waals surface area contributed by atoms with Crippen LogP contribution < -0.4 is 5.73 Å². The number of nitrogens with two attached hydrogens (primary N) is 1. The fourth-order valence-corrected chi connectivity index (χ4v) is 2.74. The summed E-state index contributed by atoms with van der Waals surface area (Å²) in [5.74, 6) is 0.415. The van der Waals surface area contributed by atoms with Crippen molar-refractivity contribution in [3.05, 3.63) is 27.7 Å². The zero-order chi connectivity index (χ0) is 13.1. The summed E-state index contributed by atoms with van der Waals surface area (Å²) >= 11 is 3.25. The van der Waals surface area contributed by atoms with Crippen molar-refractivity contribution in [3.63, 3.8) is 0 Å². The Bertz CT molecular complexity index is 479. The van der Waals surface area contributed by atoms with Gasteiger partial charge >= 0.3 is 0 Å². The Hall–Kier alpha value is -1.09. The molecule has 0 aliphatic carbocycles. The van der Waals surface area contributed by atoms with Crippen molar-refractivity contribution in [2.45, 2.75) is 18.9 Å². The second-order valence-corrected chi connectivity index (χ2v) is 5.34. The fourth-order valence-electron chi connectivity index (χ4n) is 2.27. The molecule has 0 unspecified atom stereocenters. The van der Waals surface area contributed by atoms with Gasteiger partial charge in [0.1, 0.15) is 5.75 Å². The Kier molecular flexibility index (Phi) is 4.23. The molecule has 0 amide bonds. The van der Waals surface area contributed by atoms with E-state index >= 15 is 0 Å². The van der Waals surface area contributed by atoms with Crippen LogP contribution in [0.1, 0.15) is 30.0 Å². The summed E-state index contributed by atoms with van der Waals surface area (Å²) in [6.45, 7) is 1.41. The van der Waals surface area contributed by atoms with E-state index in [-0.39, 0.29) is 17.7 Å². The third kappa shape index (κ3) is 2.66. The minimum atomic E-state index is -0.265. The maximum atomic E-state index is 10.1. The van der Waals surface area contributed by atoms with Crippen LogP contribution >= 0.6 is 15.9 Å². The van der Waals surface area contributed by atoms with Crippen LogP contribution in [0.2, 0.25) is 0 Å². The van der Waals surface area contributed by atoms with Gasteiger partial charge in [0.25, 0.3) is 0 Å². The molecule has 1 heterocycles. The number of aromatic hydroxyl groups is 1. The number of hydrogen-bond acceptors (Lipinski definition) is 4. The zero-order valence-electron chi connectivity index (χ0n) is 9.90. The van der Waals surface area contributed by atoms with Crippen LogP contribution in [0.5, 0.6) is 5.75 Å². The lowest BCUT2D eigenvalue weighted by Gasteiger charge is -2.28. The van der Waals surface area contributed by atoms with Crippen molar-refractivity contribution in [2.75, 3.05) is 13.2 Å². The highest BCUT2D eigenvalue weighted by Gasteiger charge is 2.25. The third-order valence-corrected chi connectivity index (χ3v) is 3.96. The topological polar surface area (TPSA) is 79.3 Å². The molecule has 2 rings (SSSR count). The molecule has 1 aliphatic heterocycles. The molecular weight excluding hydrogens is 296 g/mol. The minimum absolute atomic E-state index is 0.132. The summed E-state index contributed by atoms with van der Waals surface area (Å²) in [4.78, 5) is 0. The Morgan fingerprint density at radius 2 is 2.11 bits per heavy atom. The molecule has 3 N–H and O–H groups in total. The number of phenols is 1. The lowest BCUT2D eigenvalue weighted by Crippen LogP contribution is -2.27. The second kappa shape index (κ2) is 5.70. The predicted octanol–water partition coefficient (Wildman–Crippen LogP) is 2.45. The fraction of sp³-hybridized carbons (Fsp3) is 0.462. The molecule has 0 spiro atoms. The highest BCUT2D eigenvalue weighted by molar-refractivity contribution is 9.10. The summed E-state index contributed by atoms with van der Waals surface area (Å²) in [6, 6.07) is 5.07. The van der Waals surface area contributed by atoms with Crippen LogP contribution in [0.15, 0.2) is 16.6 Å². The molecule has 0 aromatic heterocycles. The van der Waals surface area contributed by atoms with Gasteiger partial charge in [0.15, 0.2) is 0 Å². The molecule has 1 fully saturated rings. The van der Waals surface area contributed by atoms with E-state index in [9.17, 15) is 5.11 Å². The van der Waals surface area contributed by atoms with Gasteiger partial charge in [-0.25, -0.2) is 0 Å². The van der Waals surface area contributed by atoms with Crippen LogP contribution in [0.3, 0.4) is 0 Å². The average Bonchev–Trinajstić information content (AvgIpc) is 2.42. The standard InChI is InChI=1S/C13H15BrN2O2/c14-11-6-8(7-15)5-10(13(11)17)12(16)9-1-3-18-4-2-9/h5-6,9,12,17H,1-4,16H2/t12-/m1/s1. The van der Waals surface area contributed by atoms with Crippen LogP contribution in [-0.2, 0) is 4.74 Å². The van der Waals surface area contributed by atoms with Gasteiger partial charge in [-0.1, -0.05) is 0 Å². The van der Waals surface area contributed by atoms with E-state index in [4.69, 9.17) is 15.7 Å². The summed E-state index contributed by atoms with van der Waals surface area (Å²) in [6.07, 6.45) is 1.77. The molecule has 4 nitrogen and oxygen atoms in total. The first-order chi connectivity index (χ1) is 8.63. The quantitative estimate of drug-likeness (QED) is 0.879. The highest BCUT2D eigenvalue weighted by atomic mass is 79.9. The monoisotopic (exact) mass is 310 g/mol. The summed E-state index contributed by atoms with van der Waals surface area (Å²) in [7, 11) is 0. The van der Waals surface area contributed by atoms with Crippen molar-refractivity contribution in [3.8, 4) is 11.8 Å². The molecule has 0 saturated carbocycles. The zero-order valence-corrected chi connectivity index (χ0v) is 11.5. The number of benzene rings is 1. The molecule has 1 saturated heterocycles. The summed E-state index contributed by atoms with van der Waals surface area (Å²) < 4.78 is 5.82. The number of nitriles is 1. The normalized spacial score (nSPS) is 18.3. The van der Waals surface area contributed by atoms with Crippen LogP contribution in [0, 0.1) is 17.2 Å². The predicted molar refractivity (Wildman–Crippen MR) is 71.0 cm³/mol. The smallest absolute Gasteiger partial charge is 0.134 e. The number of ether oxygens (including phenoxy) is 1. The van der Waals surface area contributed by atoms with E-state index in [1.54, 1.807) is 12.1 Å². The van der Waals surface area contributed by atoms with Crippen molar-refractivity contribution < 1.29 is 9.84 Å². The molecular formula is C13H15BrN2O2. The highest BCUT2D eigenvalue weighted by Crippen LogP contribution is 2.37. The van der Waals surface area contributed by atoms with E-state index in [0.717, 1.165) is 12.8 Å². The number of hydrogen-bond donors (Lipinski definition) is 2. The number of halogens is 1. The molecule has 1 atom stereocenters.